The Hall–Kier alpha value is -1.80. The predicted octanol–water partition coefficient (Wildman–Crippen LogP) is 6.12. The largest absolute Gasteiger partial charge is 0.512 e. The van der Waals surface area contributed by atoms with Crippen LogP contribution in [0.25, 0.3) is 11.3 Å². The molecular weight excluding hydrogens is 473 g/mol. The zero-order chi connectivity index (χ0) is 21.5. The van der Waals surface area contributed by atoms with Crippen molar-refractivity contribution in [2.75, 3.05) is 0 Å². The van der Waals surface area contributed by atoms with E-state index in [1.165, 1.54) is 80.7 Å². The smallest absolute Gasteiger partial charge is 0.316 e. The van der Waals surface area contributed by atoms with E-state index in [1.807, 2.05) is 0 Å². The molecule has 167 valence electrons. The second-order valence-corrected chi connectivity index (χ2v) is 9.81. The first-order valence-corrected chi connectivity index (χ1v) is 11.2. The van der Waals surface area contributed by atoms with E-state index in [0.717, 1.165) is 17.5 Å². The quantitative estimate of drug-likeness (QED) is 0.175. The van der Waals surface area contributed by atoms with Crippen molar-refractivity contribution in [1.82, 2.24) is 4.98 Å². The fourth-order valence-electron chi connectivity index (χ4n) is 5.41. The maximum absolute atomic E-state index is 8.40. The topological polar surface area (TPSA) is 54.5 Å². The third kappa shape index (κ3) is 4.85. The molecule has 4 aliphatic carbocycles. The molecule has 1 radical (unpaired) electrons. The van der Waals surface area contributed by atoms with Gasteiger partial charge in [-0.25, -0.2) is 0 Å². The van der Waals surface area contributed by atoms with Crippen molar-refractivity contribution in [2.24, 2.45) is 11.3 Å². The number of benzene rings is 1. The Balaban J connectivity index is 0.000000299. The summed E-state index contributed by atoms with van der Waals surface area (Å²) in [6.45, 7) is 7.86. The summed E-state index contributed by atoms with van der Waals surface area (Å²) in [6, 6.07) is 10.4. The molecule has 0 amide bonds. The van der Waals surface area contributed by atoms with Gasteiger partial charge in [0.2, 0.25) is 0 Å². The summed E-state index contributed by atoms with van der Waals surface area (Å²) in [5, 5.41) is 8.40. The number of aryl methyl sites for hydroxylation is 2. The number of hydrogen-bond donors (Lipinski definition) is 1. The molecular formula is C27H33NO2Rh. The number of aliphatic hydroxyl groups is 1. The average molecular weight is 506 g/mol. The van der Waals surface area contributed by atoms with Crippen molar-refractivity contribution in [3.63, 3.8) is 0 Å². The van der Waals surface area contributed by atoms with Gasteiger partial charge < -0.3 is 10.1 Å². The number of aromatic nitrogens is 1. The van der Waals surface area contributed by atoms with Crippen LogP contribution < -0.4 is 0 Å². The third-order valence-corrected chi connectivity index (χ3v) is 7.31. The van der Waals surface area contributed by atoms with Crippen LogP contribution in [-0.4, -0.2) is 20.7 Å². The van der Waals surface area contributed by atoms with Gasteiger partial charge in [-0.2, -0.15) is 0 Å². The minimum atomic E-state index is 0. The van der Waals surface area contributed by atoms with Gasteiger partial charge in [-0.15, -0.1) is 34.9 Å². The van der Waals surface area contributed by atoms with E-state index in [9.17, 15) is 0 Å². The maximum Gasteiger partial charge on any atom is 0.316 e. The van der Waals surface area contributed by atoms with Crippen molar-refractivity contribution in [3.8, 4) is 11.3 Å². The Morgan fingerprint density at radius 3 is 2.48 bits per heavy atom. The van der Waals surface area contributed by atoms with Gasteiger partial charge >= 0.3 is 5.78 Å². The number of fused-ring (bicyclic) bond motifs is 1. The van der Waals surface area contributed by atoms with Gasteiger partial charge in [-0.1, -0.05) is 39.2 Å². The molecule has 6 rings (SSSR count). The van der Waals surface area contributed by atoms with Crippen LogP contribution in [0.5, 0.6) is 0 Å². The third-order valence-electron chi connectivity index (χ3n) is 7.31. The predicted molar refractivity (Wildman–Crippen MR) is 122 cm³/mol. The molecule has 2 unspecified atom stereocenters. The monoisotopic (exact) mass is 506 g/mol. The van der Waals surface area contributed by atoms with E-state index in [1.54, 1.807) is 5.56 Å². The van der Waals surface area contributed by atoms with E-state index in [4.69, 9.17) is 14.9 Å². The summed E-state index contributed by atoms with van der Waals surface area (Å²) >= 11 is 0. The molecule has 4 aliphatic rings. The van der Waals surface area contributed by atoms with Crippen molar-refractivity contribution in [3.05, 3.63) is 64.6 Å². The van der Waals surface area contributed by atoms with Crippen LogP contribution in [-0.2, 0) is 38.7 Å². The molecule has 1 aromatic carbocycles. The maximum atomic E-state index is 8.40. The second kappa shape index (κ2) is 9.37. The van der Waals surface area contributed by atoms with E-state index in [0.29, 0.717) is 5.41 Å². The van der Waals surface area contributed by atoms with Crippen LogP contribution >= 0.6 is 0 Å². The van der Waals surface area contributed by atoms with Crippen LogP contribution in [0, 0.1) is 17.4 Å². The minimum Gasteiger partial charge on any atom is -0.512 e. The van der Waals surface area contributed by atoms with Crippen LogP contribution in [0.1, 0.15) is 75.1 Å². The fourth-order valence-corrected chi connectivity index (χ4v) is 5.41. The normalized spacial score (nSPS) is 22.5. The molecule has 1 heterocycles. The van der Waals surface area contributed by atoms with Gasteiger partial charge in [0.25, 0.3) is 0 Å². The van der Waals surface area contributed by atoms with Crippen LogP contribution in [0.3, 0.4) is 0 Å². The zero-order valence-corrected chi connectivity index (χ0v) is 20.6. The Kier molecular flexibility index (Phi) is 7.21. The van der Waals surface area contributed by atoms with Gasteiger partial charge in [0.1, 0.15) is 0 Å². The summed E-state index contributed by atoms with van der Waals surface area (Å²) in [4.78, 5) is 13.2. The van der Waals surface area contributed by atoms with Gasteiger partial charge in [0.15, 0.2) is 0 Å². The number of pyridine rings is 1. The Morgan fingerprint density at radius 2 is 1.87 bits per heavy atom. The number of aliphatic hydroxyl groups excluding tert-OH is 1. The van der Waals surface area contributed by atoms with Crippen molar-refractivity contribution in [2.45, 2.75) is 72.1 Å². The molecule has 2 aromatic rings. The second-order valence-electron chi connectivity index (χ2n) is 9.81. The first-order chi connectivity index (χ1) is 14.3. The summed E-state index contributed by atoms with van der Waals surface area (Å²) < 4.78 is 0. The summed E-state index contributed by atoms with van der Waals surface area (Å²) in [5.74, 6) is 1.84. The molecule has 2 N–H and O–H groups in total. The van der Waals surface area contributed by atoms with Crippen molar-refractivity contribution in [1.29, 1.82) is 0 Å². The number of ketones is 1. The molecule has 0 saturated heterocycles. The van der Waals surface area contributed by atoms with Crippen LogP contribution in [0.15, 0.2) is 36.2 Å². The molecule has 4 heteroatoms. The van der Waals surface area contributed by atoms with E-state index >= 15 is 0 Å². The number of hydrogen-bond acceptors (Lipinski definition) is 2. The molecule has 2 bridgehead atoms. The molecule has 1 saturated carbocycles. The Labute approximate surface area is 199 Å². The van der Waals surface area contributed by atoms with E-state index in [-0.39, 0.29) is 31.0 Å². The fraction of sp³-hybridized carbons (Fsp3) is 0.481. The van der Waals surface area contributed by atoms with Crippen LogP contribution in [0.4, 0.5) is 0 Å². The molecule has 0 aliphatic heterocycles. The number of rotatable bonds is 2. The minimum absolute atomic E-state index is 0. The summed E-state index contributed by atoms with van der Waals surface area (Å²) in [7, 11) is 0. The van der Waals surface area contributed by atoms with Crippen LogP contribution in [0.2, 0.25) is 0 Å². The van der Waals surface area contributed by atoms with Gasteiger partial charge in [-0.05, 0) is 60.3 Å². The van der Waals surface area contributed by atoms with E-state index in [2.05, 4.69) is 44.3 Å². The SMILES string of the molecule is CC(=[OH+])/C=C(/C)O.CC1(C)C2Cc3cc(-c4[c-]cc5c(c4)CCCC5)ncc3C1C2.[Rh]. The number of carbonyl (C=O) groups excluding carboxylic acids is 1. The molecule has 1 aromatic heterocycles. The van der Waals surface area contributed by atoms with Crippen molar-refractivity contribution < 1.29 is 29.4 Å². The molecule has 31 heavy (non-hydrogen) atoms. The first-order valence-electron chi connectivity index (χ1n) is 11.2. The molecule has 3 nitrogen and oxygen atoms in total. The van der Waals surface area contributed by atoms with Gasteiger partial charge in [0.05, 0.1) is 18.8 Å². The summed E-state index contributed by atoms with van der Waals surface area (Å²) in [5.41, 5.74) is 8.87. The number of nitrogens with zero attached hydrogens (tertiary/aromatic N) is 1. The average Bonchev–Trinajstić information content (AvgIpc) is 2.71. The molecule has 2 atom stereocenters. The molecule has 1 fully saturated rings. The van der Waals surface area contributed by atoms with Gasteiger partial charge in [0, 0.05) is 25.7 Å². The van der Waals surface area contributed by atoms with Gasteiger partial charge in [-0.3, -0.25) is 4.79 Å². The summed E-state index contributed by atoms with van der Waals surface area (Å²) in [6.07, 6.45) is 11.1. The van der Waals surface area contributed by atoms with Crippen molar-refractivity contribution >= 4 is 5.78 Å². The Morgan fingerprint density at radius 1 is 1.16 bits per heavy atom. The van der Waals surface area contributed by atoms with E-state index < -0.39 is 0 Å². The zero-order valence-electron chi connectivity index (χ0n) is 19.0. The molecule has 0 spiro atoms. The number of allylic oxidation sites excluding steroid dienone is 2. The standard InChI is InChI=1S/C22H24N.C5H8O2.Rh/c1-22(2)18-10-17-11-21(23-13-19(17)20(22)12-18)16-8-7-14-5-3-4-6-15(14)9-16;1-4(6)3-5(2)7;/h7,9,11,13,18,20H,3-6,10,12H2,1-2H3;3,6H,1-2H3;/q-1;;/p+1/b;4-3-;. The first kappa shape index (κ1) is 23.9. The Bertz CT molecular complexity index is 1000.